The van der Waals surface area contributed by atoms with Crippen LogP contribution >= 0.6 is 0 Å². The first kappa shape index (κ1) is 39.5. The summed E-state index contributed by atoms with van der Waals surface area (Å²) in [4.78, 5) is 71.7. The molecule has 0 spiro atoms. The zero-order valence-electron chi connectivity index (χ0n) is 30.4. The smallest absolute Gasteiger partial charge is 0.302 e. The molecule has 282 valence electrons. The number of nitrogens with two attached hydrogens (primary N) is 1. The summed E-state index contributed by atoms with van der Waals surface area (Å²) in [6.07, 6.45) is 6.63. The monoisotopic (exact) mass is 705 g/mol. The van der Waals surface area contributed by atoms with E-state index in [9.17, 15) is 33.9 Å². The molecule has 0 saturated heterocycles. The largest absolute Gasteiger partial charge is 0.466 e. The van der Waals surface area contributed by atoms with Gasteiger partial charge in [-0.25, -0.2) is 0 Å². The van der Waals surface area contributed by atoms with Crippen LogP contribution in [0.2, 0.25) is 0 Å². The van der Waals surface area contributed by atoms with E-state index in [1.807, 2.05) is 0 Å². The van der Waals surface area contributed by atoms with Crippen LogP contribution in [-0.2, 0) is 38.2 Å². The van der Waals surface area contributed by atoms with Crippen molar-refractivity contribution < 1.29 is 43.3 Å². The van der Waals surface area contributed by atoms with Gasteiger partial charge in [0.15, 0.2) is 0 Å². The van der Waals surface area contributed by atoms with E-state index in [0.717, 1.165) is 38.5 Å². The molecule has 4 aliphatic carbocycles. The van der Waals surface area contributed by atoms with Crippen molar-refractivity contribution in [3.8, 4) is 0 Å². The molecule has 0 bridgehead atoms. The Hall–Kier alpha value is -3.26. The van der Waals surface area contributed by atoms with Crippen LogP contribution in [-0.4, -0.2) is 91.7 Å². The van der Waals surface area contributed by atoms with Crippen molar-refractivity contribution >= 4 is 35.6 Å². The average molecular weight is 706 g/mol. The van der Waals surface area contributed by atoms with Gasteiger partial charge in [-0.2, -0.15) is 0 Å². The maximum absolute atomic E-state index is 12.8. The molecule has 4 aliphatic rings. The molecular weight excluding hydrogens is 646 g/mol. The number of amides is 4. The lowest BCUT2D eigenvalue weighted by Crippen LogP contribution is -2.63. The first-order valence-electron chi connectivity index (χ1n) is 18.4. The van der Waals surface area contributed by atoms with Gasteiger partial charge in [-0.1, -0.05) is 20.8 Å². The van der Waals surface area contributed by atoms with E-state index >= 15 is 0 Å². The van der Waals surface area contributed by atoms with Gasteiger partial charge in [-0.05, 0) is 98.2 Å². The molecule has 4 saturated carbocycles. The lowest BCUT2D eigenvalue weighted by molar-refractivity contribution is -0.213. The Morgan fingerprint density at radius 3 is 2.10 bits per heavy atom. The number of aliphatic hydroxyl groups excluding tert-OH is 1. The molecule has 14 nitrogen and oxygen atoms in total. The topological polar surface area (TPSA) is 215 Å². The Morgan fingerprint density at radius 1 is 0.840 bits per heavy atom. The summed E-state index contributed by atoms with van der Waals surface area (Å²) in [5, 5.41) is 22.3. The highest BCUT2D eigenvalue weighted by molar-refractivity contribution is 5.90. The predicted octanol–water partition coefficient (Wildman–Crippen LogP) is 0.929. The molecule has 4 amide bonds. The normalized spacial score (nSPS) is 34.9. The molecule has 0 aromatic carbocycles. The zero-order valence-corrected chi connectivity index (χ0v) is 30.4. The van der Waals surface area contributed by atoms with Gasteiger partial charge in [0.05, 0.1) is 38.9 Å². The lowest BCUT2D eigenvalue weighted by atomic mass is 9.43. The number of ether oxygens (including phenoxy) is 2. The Bertz CT molecular complexity index is 1280. The van der Waals surface area contributed by atoms with Crippen LogP contribution in [0.15, 0.2) is 0 Å². The van der Waals surface area contributed by atoms with Crippen LogP contribution in [0, 0.1) is 46.3 Å². The average Bonchev–Trinajstić information content (AvgIpc) is 3.42. The van der Waals surface area contributed by atoms with E-state index in [0.29, 0.717) is 37.7 Å². The van der Waals surface area contributed by atoms with E-state index in [1.165, 1.54) is 13.8 Å². The van der Waals surface area contributed by atoms with Crippen LogP contribution in [0.25, 0.3) is 0 Å². The van der Waals surface area contributed by atoms with Crippen molar-refractivity contribution in [2.75, 3.05) is 32.8 Å². The highest BCUT2D eigenvalue weighted by Crippen LogP contribution is 2.68. The zero-order chi connectivity index (χ0) is 36.8. The van der Waals surface area contributed by atoms with E-state index in [1.54, 1.807) is 0 Å². The second-order valence-electron chi connectivity index (χ2n) is 15.7. The molecule has 0 aromatic heterocycles. The summed E-state index contributed by atoms with van der Waals surface area (Å²) in [5.41, 5.74) is 4.79. The number of nitrogens with one attached hydrogen (secondary N) is 4. The predicted molar refractivity (Wildman–Crippen MR) is 183 cm³/mol. The van der Waals surface area contributed by atoms with Gasteiger partial charge in [-0.3, -0.25) is 28.8 Å². The van der Waals surface area contributed by atoms with Crippen molar-refractivity contribution in [3.05, 3.63) is 0 Å². The van der Waals surface area contributed by atoms with Gasteiger partial charge in [0.1, 0.15) is 6.10 Å². The minimum Gasteiger partial charge on any atom is -0.466 e. The molecule has 0 unspecified atom stereocenters. The van der Waals surface area contributed by atoms with Crippen LogP contribution in [0.1, 0.15) is 92.4 Å². The van der Waals surface area contributed by atoms with Gasteiger partial charge >= 0.3 is 11.9 Å². The number of aliphatic hydroxyl groups is 1. The Morgan fingerprint density at radius 2 is 1.48 bits per heavy atom. The number of rotatable bonds is 14. The third kappa shape index (κ3) is 8.96. The minimum absolute atomic E-state index is 0.0887. The van der Waals surface area contributed by atoms with E-state index in [-0.39, 0.29) is 90.7 Å². The Labute approximate surface area is 295 Å². The van der Waals surface area contributed by atoms with Crippen LogP contribution in [0.5, 0.6) is 0 Å². The minimum atomic E-state index is -0.552. The van der Waals surface area contributed by atoms with E-state index < -0.39 is 23.8 Å². The second-order valence-corrected chi connectivity index (χ2v) is 15.7. The van der Waals surface area contributed by atoms with Gasteiger partial charge < -0.3 is 41.6 Å². The van der Waals surface area contributed by atoms with Crippen molar-refractivity contribution in [1.29, 1.82) is 0 Å². The molecule has 0 aliphatic heterocycles. The molecule has 4 fully saturated rings. The van der Waals surface area contributed by atoms with Crippen molar-refractivity contribution in [3.63, 3.8) is 0 Å². The molecule has 14 heteroatoms. The van der Waals surface area contributed by atoms with Gasteiger partial charge in [0.25, 0.3) is 0 Å². The fourth-order valence-corrected chi connectivity index (χ4v) is 10.4. The standard InChI is InChI=1S/C36H59N5O9/c1-20(7-6-12-49-21(2)42)25-8-9-26-34-27(15-29(44)36(25,26)5)35(4)11-10-24(13-23(35)14-28(34)50-22(3)43)41-33(48)19-40-32(47)18-39-31(46)17-38-30(45)16-37/h20,23-29,34,44H,6-19,37H2,1-5H3,(H,38,45)(H,39,46)(H,40,47)(H,41,48)/t20-,23+,24+,25-,26+,27+,28-,29+,34+,35+,36-/m1/s1. The fourth-order valence-electron chi connectivity index (χ4n) is 10.4. The summed E-state index contributed by atoms with van der Waals surface area (Å²) in [5.74, 6) is -1.11. The van der Waals surface area contributed by atoms with E-state index in [4.69, 9.17) is 15.2 Å². The highest BCUT2D eigenvalue weighted by Gasteiger charge is 2.66. The summed E-state index contributed by atoms with van der Waals surface area (Å²) < 4.78 is 11.3. The van der Waals surface area contributed by atoms with Crippen molar-refractivity contribution in [2.24, 2.45) is 52.1 Å². The second kappa shape index (κ2) is 16.8. The molecule has 7 N–H and O–H groups in total. The van der Waals surface area contributed by atoms with Crippen LogP contribution in [0.3, 0.4) is 0 Å². The number of hydrogen-bond acceptors (Lipinski definition) is 10. The highest BCUT2D eigenvalue weighted by atomic mass is 16.5. The van der Waals surface area contributed by atoms with Gasteiger partial charge in [0.2, 0.25) is 23.6 Å². The maximum atomic E-state index is 12.8. The van der Waals surface area contributed by atoms with Crippen LogP contribution < -0.4 is 27.0 Å². The molecule has 4 rings (SSSR count). The summed E-state index contributed by atoms with van der Waals surface area (Å²) in [6.45, 7) is 8.99. The fraction of sp³-hybridized carbons (Fsp3) is 0.833. The third-order valence-corrected chi connectivity index (χ3v) is 12.8. The first-order valence-corrected chi connectivity index (χ1v) is 18.4. The van der Waals surface area contributed by atoms with Gasteiger partial charge in [-0.15, -0.1) is 0 Å². The molecule has 11 atom stereocenters. The molecule has 0 heterocycles. The number of carbonyl (C=O) groups excluding carboxylic acids is 6. The maximum Gasteiger partial charge on any atom is 0.302 e. The SMILES string of the molecule is CC(=O)OCCC[C@@H](C)[C@H]1CC[C@H]2[C@@H]3[C@H](OC(C)=O)C[C@@H]4C[C@@H](NC(=O)CNC(=O)CNC(=O)CNC(=O)CN)CC[C@]4(C)[C@H]3C[C@H](O)[C@]12C. The quantitative estimate of drug-likeness (QED) is 0.111. The van der Waals surface area contributed by atoms with Gasteiger partial charge in [0, 0.05) is 25.8 Å². The Kier molecular flexibility index (Phi) is 13.3. The summed E-state index contributed by atoms with van der Waals surface area (Å²) in [6, 6.07) is -0.111. The number of carbonyl (C=O) groups is 6. The number of hydrogen-bond donors (Lipinski definition) is 6. The number of fused-ring (bicyclic) bond motifs is 5. The number of esters is 2. The summed E-state index contributed by atoms with van der Waals surface area (Å²) >= 11 is 0. The third-order valence-electron chi connectivity index (χ3n) is 12.8. The van der Waals surface area contributed by atoms with Crippen LogP contribution in [0.4, 0.5) is 0 Å². The van der Waals surface area contributed by atoms with Crippen molar-refractivity contribution in [2.45, 2.75) is 111 Å². The molecule has 0 radical (unpaired) electrons. The molecule has 50 heavy (non-hydrogen) atoms. The Balaban J connectivity index is 1.36. The molecule has 0 aromatic rings. The molecular formula is C36H59N5O9. The van der Waals surface area contributed by atoms with E-state index in [2.05, 4.69) is 42.0 Å². The van der Waals surface area contributed by atoms with Crippen molar-refractivity contribution in [1.82, 2.24) is 21.3 Å². The lowest BCUT2D eigenvalue weighted by Gasteiger charge is -2.64. The summed E-state index contributed by atoms with van der Waals surface area (Å²) in [7, 11) is 0. The first-order chi connectivity index (χ1) is 23.6.